The maximum atomic E-state index is 12.1. The molecule has 0 radical (unpaired) electrons. The number of carboxylic acids is 1. The Morgan fingerprint density at radius 3 is 2.53 bits per heavy atom. The third-order valence-electron chi connectivity index (χ3n) is 5.76. The van der Waals surface area contributed by atoms with E-state index in [2.05, 4.69) is 23.1 Å². The molecule has 32 heavy (non-hydrogen) atoms. The smallest absolute Gasteiger partial charge is 0.475 e. The van der Waals surface area contributed by atoms with Crippen LogP contribution in [0.5, 0.6) is 0 Å². The molecule has 1 atom stereocenters. The van der Waals surface area contributed by atoms with Crippen LogP contribution < -0.4 is 0 Å². The highest BCUT2D eigenvalue weighted by Crippen LogP contribution is 2.46. The summed E-state index contributed by atoms with van der Waals surface area (Å²) in [6.07, 6.45) is 2.63. The molecule has 1 aromatic heterocycles. The van der Waals surface area contributed by atoms with Crippen molar-refractivity contribution in [3.05, 3.63) is 18.0 Å². The normalized spacial score (nSPS) is 22.5. The number of hydrogen-bond acceptors (Lipinski definition) is 6. The molecule has 8 nitrogen and oxygen atoms in total. The van der Waals surface area contributed by atoms with Crippen molar-refractivity contribution < 1.29 is 32.6 Å². The van der Waals surface area contributed by atoms with Crippen LogP contribution in [0.25, 0.3) is 0 Å². The number of halogens is 3. The maximum Gasteiger partial charge on any atom is 0.490 e. The minimum absolute atomic E-state index is 0.173. The zero-order chi connectivity index (χ0) is 23.4. The number of rotatable bonds is 6. The van der Waals surface area contributed by atoms with Crippen molar-refractivity contribution in [3.8, 4) is 0 Å². The molecule has 12 heteroatoms. The van der Waals surface area contributed by atoms with Crippen LogP contribution in [0, 0.1) is 0 Å². The zero-order valence-corrected chi connectivity index (χ0v) is 18.8. The van der Waals surface area contributed by atoms with Crippen LogP contribution in [-0.4, -0.2) is 92.1 Å². The minimum Gasteiger partial charge on any atom is -0.475 e. The molecular formula is C20H29F3N4O4S. The average Bonchev–Trinajstić information content (AvgIpc) is 3.46. The van der Waals surface area contributed by atoms with Crippen LogP contribution in [0.2, 0.25) is 0 Å². The van der Waals surface area contributed by atoms with Crippen molar-refractivity contribution in [2.75, 3.05) is 38.5 Å². The quantitative estimate of drug-likeness (QED) is 0.671. The third kappa shape index (κ3) is 6.61. The number of likely N-dealkylation sites (tertiary alicyclic amines) is 2. The van der Waals surface area contributed by atoms with Crippen LogP contribution in [-0.2, 0) is 27.4 Å². The zero-order valence-electron chi connectivity index (χ0n) is 18.0. The molecule has 180 valence electrons. The van der Waals surface area contributed by atoms with Crippen LogP contribution >= 0.6 is 11.8 Å². The van der Waals surface area contributed by atoms with Crippen molar-refractivity contribution in [3.63, 3.8) is 0 Å². The fourth-order valence-electron chi connectivity index (χ4n) is 4.18. The first kappa shape index (κ1) is 24.8. The lowest BCUT2D eigenvalue weighted by Gasteiger charge is -2.47. The number of carbonyl (C=O) groups is 2. The summed E-state index contributed by atoms with van der Waals surface area (Å²) in [4.78, 5) is 25.4. The van der Waals surface area contributed by atoms with Gasteiger partial charge in [-0.1, -0.05) is 0 Å². The molecule has 3 aliphatic heterocycles. The molecule has 0 bridgehead atoms. The summed E-state index contributed by atoms with van der Waals surface area (Å²) in [6, 6.07) is 0. The number of ether oxygens (including phenoxy) is 1. The first-order valence-electron chi connectivity index (χ1n) is 10.7. The largest absolute Gasteiger partial charge is 0.490 e. The summed E-state index contributed by atoms with van der Waals surface area (Å²) < 4.78 is 40.0. The molecule has 0 saturated carbocycles. The monoisotopic (exact) mass is 478 g/mol. The van der Waals surface area contributed by atoms with Crippen molar-refractivity contribution >= 4 is 23.6 Å². The first-order valence-corrected chi connectivity index (χ1v) is 11.7. The summed E-state index contributed by atoms with van der Waals surface area (Å²) in [5.74, 6) is -1.56. The highest BCUT2D eigenvalue weighted by Gasteiger charge is 2.49. The molecule has 1 unspecified atom stereocenters. The second kappa shape index (κ2) is 10.4. The van der Waals surface area contributed by atoms with E-state index in [9.17, 15) is 18.0 Å². The number of aromatic nitrogens is 2. The molecule has 4 rings (SSSR count). The molecule has 3 fully saturated rings. The maximum absolute atomic E-state index is 12.1. The lowest BCUT2D eigenvalue weighted by atomic mass is 9.92. The highest BCUT2D eigenvalue weighted by molar-refractivity contribution is 8.01. The van der Waals surface area contributed by atoms with Gasteiger partial charge < -0.3 is 14.7 Å². The Morgan fingerprint density at radius 2 is 1.97 bits per heavy atom. The van der Waals surface area contributed by atoms with Gasteiger partial charge in [-0.3, -0.25) is 14.4 Å². The second-order valence-corrected chi connectivity index (χ2v) is 9.86. The molecule has 1 spiro atoms. The van der Waals surface area contributed by atoms with Crippen molar-refractivity contribution in [1.82, 2.24) is 19.6 Å². The van der Waals surface area contributed by atoms with Crippen LogP contribution in [0.15, 0.2) is 12.4 Å². The van der Waals surface area contributed by atoms with Gasteiger partial charge in [0.2, 0.25) is 5.91 Å². The summed E-state index contributed by atoms with van der Waals surface area (Å²) in [5.41, 5.74) is 1.30. The Hall–Kier alpha value is -1.79. The number of aliphatic carboxylic acids is 1. The van der Waals surface area contributed by atoms with Gasteiger partial charge in [0.1, 0.15) is 6.61 Å². The highest BCUT2D eigenvalue weighted by atomic mass is 32.2. The standard InChI is InChI=1S/C18H28N4O2S.C2HF3O2/c1-2-22-10-15(8-19-22)9-20-13-18(14-20)7-16(12-25-18)24-11-17(23)21-5-3-4-6-21;3-2(4,5)1(6)7/h8,10,16H,2-7,9,11-14H2,1H3;(H,6,7). The van der Waals surface area contributed by atoms with E-state index in [1.54, 1.807) is 0 Å². The molecule has 3 aliphatic rings. The lowest BCUT2D eigenvalue weighted by molar-refractivity contribution is -0.192. The Kier molecular flexibility index (Phi) is 8.10. The summed E-state index contributed by atoms with van der Waals surface area (Å²) in [7, 11) is 0. The van der Waals surface area contributed by atoms with Crippen LogP contribution in [0.3, 0.4) is 0 Å². The number of alkyl halides is 3. The number of hydrogen-bond donors (Lipinski definition) is 1. The molecular weight excluding hydrogens is 449 g/mol. The SMILES string of the molecule is CCn1cc(CN2CC3(CC(OCC(=O)N4CCCC4)CS3)C2)cn1.O=C(O)C(F)(F)F. The van der Waals surface area contributed by atoms with E-state index in [0.717, 1.165) is 64.3 Å². The first-order chi connectivity index (χ1) is 15.1. The number of aryl methyl sites for hydroxylation is 1. The van der Waals surface area contributed by atoms with E-state index in [1.807, 2.05) is 27.5 Å². The predicted molar refractivity (Wildman–Crippen MR) is 112 cm³/mol. The Labute approximate surface area is 189 Å². The number of thioether (sulfide) groups is 1. The summed E-state index contributed by atoms with van der Waals surface area (Å²) in [6.45, 7) is 8.35. The summed E-state index contributed by atoms with van der Waals surface area (Å²) in [5, 5.41) is 11.5. The fraction of sp³-hybridized carbons (Fsp3) is 0.750. The van der Waals surface area contributed by atoms with Gasteiger partial charge in [-0.25, -0.2) is 4.79 Å². The van der Waals surface area contributed by atoms with E-state index < -0.39 is 12.1 Å². The molecule has 3 saturated heterocycles. The Balaban J connectivity index is 0.000000360. The van der Waals surface area contributed by atoms with Crippen LogP contribution in [0.1, 0.15) is 31.7 Å². The van der Waals surface area contributed by atoms with Crippen molar-refractivity contribution in [2.24, 2.45) is 0 Å². The predicted octanol–water partition coefficient (Wildman–Crippen LogP) is 2.24. The molecule has 0 aliphatic carbocycles. The number of carbonyl (C=O) groups excluding carboxylic acids is 1. The van der Waals surface area contributed by atoms with Gasteiger partial charge in [-0.15, -0.1) is 11.8 Å². The van der Waals surface area contributed by atoms with Gasteiger partial charge >= 0.3 is 12.1 Å². The van der Waals surface area contributed by atoms with E-state index in [0.29, 0.717) is 4.75 Å². The van der Waals surface area contributed by atoms with Gasteiger partial charge in [0, 0.05) is 61.5 Å². The van der Waals surface area contributed by atoms with E-state index >= 15 is 0 Å². The average molecular weight is 479 g/mol. The van der Waals surface area contributed by atoms with Gasteiger partial charge in [-0.05, 0) is 26.2 Å². The molecule has 1 N–H and O–H groups in total. The van der Waals surface area contributed by atoms with Gasteiger partial charge in [0.25, 0.3) is 0 Å². The van der Waals surface area contributed by atoms with Gasteiger partial charge in [0.05, 0.1) is 12.3 Å². The van der Waals surface area contributed by atoms with Gasteiger partial charge in [-0.2, -0.15) is 18.3 Å². The Morgan fingerprint density at radius 1 is 1.31 bits per heavy atom. The molecule has 0 aromatic carbocycles. The molecule has 1 amide bonds. The van der Waals surface area contributed by atoms with E-state index in [-0.39, 0.29) is 18.6 Å². The molecule has 4 heterocycles. The third-order valence-corrected chi connectivity index (χ3v) is 7.33. The Bertz CT molecular complexity index is 792. The van der Waals surface area contributed by atoms with E-state index in [4.69, 9.17) is 14.6 Å². The number of nitrogens with zero attached hydrogens (tertiary/aromatic N) is 4. The topological polar surface area (TPSA) is 87.9 Å². The minimum atomic E-state index is -5.08. The van der Waals surface area contributed by atoms with Gasteiger partial charge in [0.15, 0.2) is 0 Å². The molecule has 1 aromatic rings. The van der Waals surface area contributed by atoms with E-state index in [1.165, 1.54) is 5.56 Å². The van der Waals surface area contributed by atoms with Crippen LogP contribution in [0.4, 0.5) is 13.2 Å². The number of amides is 1. The second-order valence-electron chi connectivity index (χ2n) is 8.37. The fourth-order valence-corrected chi connectivity index (χ4v) is 5.78. The van der Waals surface area contributed by atoms with Crippen molar-refractivity contribution in [2.45, 2.75) is 56.3 Å². The number of carboxylic acid groups (broad SMARTS) is 1. The summed E-state index contributed by atoms with van der Waals surface area (Å²) >= 11 is 2.04. The van der Waals surface area contributed by atoms with Crippen molar-refractivity contribution in [1.29, 1.82) is 0 Å². The lowest BCUT2D eigenvalue weighted by Crippen LogP contribution is -2.58.